The summed E-state index contributed by atoms with van der Waals surface area (Å²) in [6, 6.07) is 0. The van der Waals surface area contributed by atoms with Crippen LogP contribution in [0.25, 0.3) is 0 Å². The Balaban J connectivity index is 1.73. The molecule has 4 heteroatoms. The largest absolute Gasteiger partial charge is 0.334 e. The molecule has 1 fully saturated rings. The third-order valence-electron chi connectivity index (χ3n) is 2.73. The zero-order valence-corrected chi connectivity index (χ0v) is 10.1. The smallest absolute Gasteiger partial charge is 0.0948 e. The van der Waals surface area contributed by atoms with Gasteiger partial charge >= 0.3 is 0 Å². The van der Waals surface area contributed by atoms with Gasteiger partial charge in [-0.15, -0.1) is 0 Å². The molecule has 1 aromatic rings. The lowest BCUT2D eigenvalue weighted by Crippen LogP contribution is -2.43. The van der Waals surface area contributed by atoms with Gasteiger partial charge in [0.1, 0.15) is 0 Å². The number of hydrogen-bond acceptors (Lipinski definition) is 3. The lowest BCUT2D eigenvalue weighted by molar-refractivity contribution is 0.385. The van der Waals surface area contributed by atoms with E-state index in [-0.39, 0.29) is 0 Å². The second kappa shape index (κ2) is 5.56. The molecule has 0 bridgehead atoms. The average molecular weight is 225 g/mol. The normalized spacial score (nSPS) is 16.6. The molecule has 0 amide bonds. The van der Waals surface area contributed by atoms with Gasteiger partial charge in [0, 0.05) is 24.2 Å². The molecule has 2 heterocycles. The fraction of sp³-hybridized carbons (Fsp3) is 0.727. The molecular formula is C11H19N3S. The minimum absolute atomic E-state index is 0.901. The van der Waals surface area contributed by atoms with E-state index in [2.05, 4.69) is 21.8 Å². The maximum Gasteiger partial charge on any atom is 0.0948 e. The van der Waals surface area contributed by atoms with Gasteiger partial charge in [0.25, 0.3) is 0 Å². The summed E-state index contributed by atoms with van der Waals surface area (Å²) in [4.78, 5) is 4.21. The predicted octanol–water partition coefficient (Wildman–Crippen LogP) is 1.75. The van der Waals surface area contributed by atoms with Crippen LogP contribution in [0.5, 0.6) is 0 Å². The van der Waals surface area contributed by atoms with Crippen LogP contribution in [0.15, 0.2) is 12.5 Å². The van der Waals surface area contributed by atoms with E-state index >= 15 is 0 Å². The number of rotatable bonds is 6. The Labute approximate surface area is 95.7 Å². The topological polar surface area (TPSA) is 29.9 Å². The second-order valence-electron chi connectivity index (χ2n) is 4.12. The summed E-state index contributed by atoms with van der Waals surface area (Å²) in [5, 5.41) is 3.31. The van der Waals surface area contributed by atoms with Crippen molar-refractivity contribution < 1.29 is 0 Å². The number of nitrogens with zero attached hydrogens (tertiary/aromatic N) is 2. The first kappa shape index (κ1) is 11.0. The van der Waals surface area contributed by atoms with E-state index < -0.39 is 0 Å². The lowest BCUT2D eigenvalue weighted by Gasteiger charge is -2.26. The van der Waals surface area contributed by atoms with Crippen molar-refractivity contribution >= 4 is 11.8 Å². The van der Waals surface area contributed by atoms with E-state index in [1.54, 1.807) is 0 Å². The van der Waals surface area contributed by atoms with Gasteiger partial charge in [-0.25, -0.2) is 4.98 Å². The van der Waals surface area contributed by atoms with Gasteiger partial charge in [-0.05, 0) is 31.2 Å². The Hall–Kier alpha value is -0.480. The molecule has 1 N–H and O–H groups in total. The number of nitrogens with one attached hydrogen (secondary N) is 1. The summed E-state index contributed by atoms with van der Waals surface area (Å²) < 4.78 is 2.27. The number of hydrogen-bond donors (Lipinski definition) is 1. The third kappa shape index (κ3) is 2.98. The Morgan fingerprint density at radius 2 is 2.47 bits per heavy atom. The molecule has 0 aliphatic carbocycles. The lowest BCUT2D eigenvalue weighted by atomic mass is 10.1. The molecule has 1 aromatic heterocycles. The molecule has 15 heavy (non-hydrogen) atoms. The van der Waals surface area contributed by atoms with E-state index in [4.69, 9.17) is 0 Å². The SMILES string of the molecule is CCCn1cncc1CSCC1CNC1. The van der Waals surface area contributed by atoms with E-state index in [0.717, 1.165) is 18.2 Å². The standard InChI is InChI=1S/C11H19N3S/c1-2-3-14-9-13-6-11(14)8-15-7-10-4-12-5-10/h6,9-10,12H,2-5,7-8H2,1H3. The fourth-order valence-corrected chi connectivity index (χ4v) is 2.84. The van der Waals surface area contributed by atoms with Crippen LogP contribution < -0.4 is 5.32 Å². The fourth-order valence-electron chi connectivity index (χ4n) is 1.71. The molecule has 0 radical (unpaired) electrons. The summed E-state index contributed by atoms with van der Waals surface area (Å²) in [6.45, 7) is 5.72. The minimum atomic E-state index is 0.901. The maximum atomic E-state index is 4.21. The molecule has 1 aliphatic heterocycles. The van der Waals surface area contributed by atoms with Crippen LogP contribution in [-0.4, -0.2) is 28.4 Å². The number of aryl methyl sites for hydroxylation is 1. The highest BCUT2D eigenvalue weighted by molar-refractivity contribution is 7.98. The van der Waals surface area contributed by atoms with Crippen molar-refractivity contribution in [1.82, 2.24) is 14.9 Å². The molecule has 0 saturated carbocycles. The Morgan fingerprint density at radius 3 is 3.13 bits per heavy atom. The molecule has 3 nitrogen and oxygen atoms in total. The molecule has 0 atom stereocenters. The van der Waals surface area contributed by atoms with Gasteiger partial charge < -0.3 is 9.88 Å². The number of thioether (sulfide) groups is 1. The van der Waals surface area contributed by atoms with Crippen molar-refractivity contribution in [3.63, 3.8) is 0 Å². The van der Waals surface area contributed by atoms with Gasteiger partial charge in [-0.1, -0.05) is 6.92 Å². The molecule has 84 valence electrons. The average Bonchev–Trinajstić information content (AvgIpc) is 2.58. The van der Waals surface area contributed by atoms with Crippen LogP contribution in [0.3, 0.4) is 0 Å². The zero-order chi connectivity index (χ0) is 10.5. The third-order valence-corrected chi connectivity index (χ3v) is 3.94. The Morgan fingerprint density at radius 1 is 1.60 bits per heavy atom. The van der Waals surface area contributed by atoms with Crippen molar-refractivity contribution in [3.05, 3.63) is 18.2 Å². The van der Waals surface area contributed by atoms with Crippen molar-refractivity contribution in [2.75, 3.05) is 18.8 Å². The van der Waals surface area contributed by atoms with E-state index in [0.29, 0.717) is 0 Å². The first-order valence-electron chi connectivity index (χ1n) is 5.67. The zero-order valence-electron chi connectivity index (χ0n) is 9.28. The highest BCUT2D eigenvalue weighted by atomic mass is 32.2. The van der Waals surface area contributed by atoms with Crippen molar-refractivity contribution in [1.29, 1.82) is 0 Å². The summed E-state index contributed by atoms with van der Waals surface area (Å²) in [7, 11) is 0. The van der Waals surface area contributed by atoms with Crippen LogP contribution >= 0.6 is 11.8 Å². The van der Waals surface area contributed by atoms with E-state index in [9.17, 15) is 0 Å². The minimum Gasteiger partial charge on any atom is -0.334 e. The monoisotopic (exact) mass is 225 g/mol. The second-order valence-corrected chi connectivity index (χ2v) is 5.15. The first-order chi connectivity index (χ1) is 7.40. The van der Waals surface area contributed by atoms with Crippen LogP contribution in [0, 0.1) is 5.92 Å². The molecule has 1 saturated heterocycles. The Kier molecular flexibility index (Phi) is 4.09. The molecular weight excluding hydrogens is 206 g/mol. The van der Waals surface area contributed by atoms with Crippen LogP contribution in [-0.2, 0) is 12.3 Å². The molecule has 2 rings (SSSR count). The first-order valence-corrected chi connectivity index (χ1v) is 6.83. The quantitative estimate of drug-likeness (QED) is 0.800. The van der Waals surface area contributed by atoms with E-state index in [1.807, 2.05) is 24.3 Å². The summed E-state index contributed by atoms with van der Waals surface area (Å²) in [6.07, 6.45) is 5.13. The van der Waals surface area contributed by atoms with Gasteiger partial charge in [-0.3, -0.25) is 0 Å². The van der Waals surface area contributed by atoms with Crippen LogP contribution in [0.1, 0.15) is 19.0 Å². The van der Waals surface area contributed by atoms with Gasteiger partial charge in [0.05, 0.1) is 6.33 Å². The highest BCUT2D eigenvalue weighted by Gasteiger charge is 2.16. The number of imidazole rings is 1. The van der Waals surface area contributed by atoms with Gasteiger partial charge in [0.2, 0.25) is 0 Å². The number of aromatic nitrogens is 2. The van der Waals surface area contributed by atoms with Crippen molar-refractivity contribution in [3.8, 4) is 0 Å². The van der Waals surface area contributed by atoms with Crippen LogP contribution in [0.4, 0.5) is 0 Å². The van der Waals surface area contributed by atoms with E-state index in [1.165, 1.54) is 31.0 Å². The summed E-state index contributed by atoms with van der Waals surface area (Å²) >= 11 is 2.03. The van der Waals surface area contributed by atoms with Crippen molar-refractivity contribution in [2.24, 2.45) is 5.92 Å². The van der Waals surface area contributed by atoms with Gasteiger partial charge in [0.15, 0.2) is 0 Å². The highest BCUT2D eigenvalue weighted by Crippen LogP contribution is 2.17. The Bertz CT molecular complexity index is 294. The molecule has 0 spiro atoms. The molecule has 1 aliphatic rings. The predicted molar refractivity (Wildman–Crippen MR) is 65.0 cm³/mol. The maximum absolute atomic E-state index is 4.21. The molecule has 0 aromatic carbocycles. The summed E-state index contributed by atoms with van der Waals surface area (Å²) in [5.74, 6) is 3.29. The van der Waals surface area contributed by atoms with Crippen molar-refractivity contribution in [2.45, 2.75) is 25.6 Å². The van der Waals surface area contributed by atoms with Gasteiger partial charge in [-0.2, -0.15) is 11.8 Å². The van der Waals surface area contributed by atoms with Crippen LogP contribution in [0.2, 0.25) is 0 Å². The molecule has 0 unspecified atom stereocenters. The summed E-state index contributed by atoms with van der Waals surface area (Å²) in [5.41, 5.74) is 1.37.